The van der Waals surface area contributed by atoms with Gasteiger partial charge in [-0.15, -0.1) is 0 Å². The van der Waals surface area contributed by atoms with E-state index in [1.807, 2.05) is 32.0 Å². The first-order valence-electron chi connectivity index (χ1n) is 12.0. The number of carboxylic acid groups (broad SMARTS) is 1. The second-order valence-electron chi connectivity index (χ2n) is 9.53. The van der Waals surface area contributed by atoms with Gasteiger partial charge in [0, 0.05) is 17.2 Å². The van der Waals surface area contributed by atoms with Crippen LogP contribution in [0.1, 0.15) is 69.1 Å². The number of pyridine rings is 1. The molecule has 0 spiro atoms. The van der Waals surface area contributed by atoms with Crippen molar-refractivity contribution in [2.75, 3.05) is 10.6 Å². The van der Waals surface area contributed by atoms with Crippen LogP contribution in [0.4, 0.5) is 5.69 Å². The number of fused-ring (bicyclic) bond motifs is 2. The van der Waals surface area contributed by atoms with Crippen molar-refractivity contribution in [2.24, 2.45) is 5.92 Å². The number of benzene rings is 2. The number of alkyl halides is 1. The number of aromatic nitrogens is 1. The molecule has 3 aromatic rings. The maximum Gasteiger partial charge on any atom is 2.00 e. The fourth-order valence-corrected chi connectivity index (χ4v) is 4.47. The van der Waals surface area contributed by atoms with Crippen molar-refractivity contribution in [1.29, 1.82) is 0 Å². The first kappa shape index (κ1) is 35.6. The maximum atomic E-state index is 11.4. The Kier molecular flexibility index (Phi) is 13.4. The Balaban J connectivity index is 0.000000317. The van der Waals surface area contributed by atoms with Gasteiger partial charge in [-0.2, -0.15) is 0 Å². The molecule has 0 atom stereocenters. The number of amides is 1. The Morgan fingerprint density at radius 2 is 1.60 bits per heavy atom. The normalized spacial score (nSPS) is 14.5. The summed E-state index contributed by atoms with van der Waals surface area (Å²) >= 11 is 3.11. The number of ketones is 2. The number of hydrogen-bond acceptors (Lipinski definition) is 8. The predicted octanol–water partition coefficient (Wildman–Crippen LogP) is 4.58. The summed E-state index contributed by atoms with van der Waals surface area (Å²) in [4.78, 5) is 48.3. The van der Waals surface area contributed by atoms with Crippen LogP contribution in [0, 0.1) is 19.8 Å². The maximum absolute atomic E-state index is 11.4. The molecule has 0 saturated heterocycles. The van der Waals surface area contributed by atoms with Gasteiger partial charge in [-0.3, -0.25) is 14.4 Å². The molecule has 3 aliphatic rings. The zero-order valence-corrected chi connectivity index (χ0v) is 25.9. The zero-order chi connectivity index (χ0) is 26.9. The third-order valence-electron chi connectivity index (χ3n) is 6.36. The Hall–Kier alpha value is -2.41. The fourth-order valence-electron chi connectivity index (χ4n) is 4.01. The average Bonchev–Trinajstić information content (AvgIpc) is 3.78. The molecule has 6 rings (SSSR count). The molecule has 12 heteroatoms. The van der Waals surface area contributed by atoms with Crippen molar-refractivity contribution >= 4 is 93.7 Å². The first-order valence-corrected chi connectivity index (χ1v) is 13.1. The van der Waals surface area contributed by atoms with Crippen LogP contribution in [-0.4, -0.2) is 92.7 Å². The molecule has 5 N–H and O–H groups in total. The Bertz CT molecular complexity index is 1440. The number of aromatic carboxylic acids is 1. The molecule has 2 aromatic carbocycles. The van der Waals surface area contributed by atoms with Gasteiger partial charge in [0.05, 0.1) is 27.8 Å². The topological polar surface area (TPSA) is 194 Å². The third-order valence-corrected chi connectivity index (χ3v) is 6.91. The minimum atomic E-state index is -1.10. The fraction of sp³-hybridized carbons (Fsp3) is 0.321. The number of rotatable bonds is 4. The van der Waals surface area contributed by atoms with Crippen molar-refractivity contribution in [2.45, 2.75) is 45.4 Å². The summed E-state index contributed by atoms with van der Waals surface area (Å²) in [7, 11) is 0. The molecule has 1 aromatic heterocycles. The minimum absolute atomic E-state index is 0. The number of carboxylic acids is 1. The molecule has 0 bridgehead atoms. The van der Waals surface area contributed by atoms with E-state index in [4.69, 9.17) is 0 Å². The summed E-state index contributed by atoms with van der Waals surface area (Å²) in [5.41, 5.74) is 4.19. The largest absolute Gasteiger partial charge is 2.00 e. The van der Waals surface area contributed by atoms with Crippen LogP contribution in [0.5, 0.6) is 5.75 Å². The monoisotopic (exact) mass is 640 g/mol. The molecule has 1 aliphatic heterocycles. The van der Waals surface area contributed by atoms with Gasteiger partial charge < -0.3 is 26.5 Å². The summed E-state index contributed by atoms with van der Waals surface area (Å²) in [5, 5.41) is 23.0. The van der Waals surface area contributed by atoms with E-state index in [-0.39, 0.29) is 65.9 Å². The number of halogens is 1. The number of hydrogen-bond donors (Lipinski definition) is 3. The molecular formula is C28H29BrCaN2O8. The van der Waals surface area contributed by atoms with Crippen molar-refractivity contribution in [3.8, 4) is 5.75 Å². The zero-order valence-electron chi connectivity index (χ0n) is 22.1. The van der Waals surface area contributed by atoms with Crippen LogP contribution in [0.2, 0.25) is 0 Å². The Morgan fingerprint density at radius 3 is 2.12 bits per heavy atom. The molecule has 2 aliphatic carbocycles. The molecule has 0 radical (unpaired) electrons. The number of aromatic hydroxyl groups is 1. The van der Waals surface area contributed by atoms with Crippen molar-refractivity contribution in [3.05, 3.63) is 64.3 Å². The van der Waals surface area contributed by atoms with Crippen molar-refractivity contribution < 1.29 is 40.3 Å². The number of Topliss-reactive ketones (excluding diaryl/α,β-unsaturated/α-hetero) is 2. The van der Waals surface area contributed by atoms with E-state index in [0.29, 0.717) is 44.9 Å². The van der Waals surface area contributed by atoms with Gasteiger partial charge in [0.1, 0.15) is 11.3 Å². The number of anilines is 1. The van der Waals surface area contributed by atoms with Gasteiger partial charge in [-0.25, -0.2) is 9.78 Å². The molecule has 10 nitrogen and oxygen atoms in total. The molecule has 2 heterocycles. The SMILES string of the molecule is Cc1ccc2c(c1)C(=O)C(=O)N2.Cc1ccc2nc(C3CC3)c(O)c(C(=O)O)c2c1.O=C(CBr)C1CC1.[Ca+2].[OH-].[OH-]. The second kappa shape index (κ2) is 15.0. The van der Waals surface area contributed by atoms with Crippen LogP contribution in [0.25, 0.3) is 10.9 Å². The van der Waals surface area contributed by atoms with Gasteiger partial charge in [-0.1, -0.05) is 39.2 Å². The molecule has 0 unspecified atom stereocenters. The Morgan fingerprint density at radius 1 is 1.00 bits per heavy atom. The van der Waals surface area contributed by atoms with Crippen molar-refractivity contribution in [1.82, 2.24) is 4.98 Å². The quantitative estimate of drug-likeness (QED) is 0.208. The number of aryl methyl sites for hydroxylation is 2. The second-order valence-corrected chi connectivity index (χ2v) is 10.1. The van der Waals surface area contributed by atoms with Crippen molar-refractivity contribution in [3.63, 3.8) is 0 Å². The number of carbonyl (C=O) groups excluding carboxylic acids is 3. The molecule has 208 valence electrons. The minimum Gasteiger partial charge on any atom is -0.870 e. The smallest absolute Gasteiger partial charge is 0.870 e. The van der Waals surface area contributed by atoms with Crippen LogP contribution in [0.15, 0.2) is 36.4 Å². The molecular weight excluding hydrogens is 612 g/mol. The van der Waals surface area contributed by atoms with Crippen LogP contribution in [0.3, 0.4) is 0 Å². The number of nitrogens with one attached hydrogen (secondary N) is 1. The molecule has 40 heavy (non-hydrogen) atoms. The van der Waals surface area contributed by atoms with E-state index in [1.54, 1.807) is 18.2 Å². The van der Waals surface area contributed by atoms with Gasteiger partial charge in [0.15, 0.2) is 5.75 Å². The summed E-state index contributed by atoms with van der Waals surface area (Å²) in [6.07, 6.45) is 4.20. The molecule has 2 saturated carbocycles. The third kappa shape index (κ3) is 8.31. The molecule has 1 amide bonds. The van der Waals surface area contributed by atoms with Gasteiger partial charge in [0.25, 0.3) is 11.7 Å². The van der Waals surface area contributed by atoms with Gasteiger partial charge in [-0.05, 0) is 63.8 Å². The van der Waals surface area contributed by atoms with Gasteiger partial charge in [0.2, 0.25) is 0 Å². The summed E-state index contributed by atoms with van der Waals surface area (Å²) in [5.74, 6) is -1.21. The van der Waals surface area contributed by atoms with E-state index in [9.17, 15) is 29.4 Å². The van der Waals surface area contributed by atoms with Crippen LogP contribution < -0.4 is 5.32 Å². The van der Waals surface area contributed by atoms with Crippen LogP contribution >= 0.6 is 15.9 Å². The van der Waals surface area contributed by atoms with E-state index in [2.05, 4.69) is 26.2 Å². The Labute approximate surface area is 269 Å². The summed E-state index contributed by atoms with van der Waals surface area (Å²) in [6.45, 7) is 3.77. The van der Waals surface area contributed by atoms with E-state index >= 15 is 0 Å². The predicted molar refractivity (Wildman–Crippen MR) is 152 cm³/mol. The summed E-state index contributed by atoms with van der Waals surface area (Å²) in [6, 6.07) is 10.8. The number of carbonyl (C=O) groups is 4. The van der Waals surface area contributed by atoms with Crippen LogP contribution in [-0.2, 0) is 9.59 Å². The average molecular weight is 642 g/mol. The number of nitrogens with zero attached hydrogens (tertiary/aromatic N) is 1. The standard InChI is InChI=1S/C14H13NO3.C9H7NO2.C5H7BrO.Ca.2H2O/c1-7-2-5-10-9(6-7)11(14(17)18)13(16)12(15-10)8-3-4-8;1-5-2-3-7-6(4-5)8(11)9(12)10-7;6-3-5(7)4-1-2-4;;;/h2,5-6,8,16H,3-4H2,1H3,(H,17,18);2-4H,1H3,(H,10,11,12);4H,1-3H2;;2*1H2/q;;;+2;;/p-2. The summed E-state index contributed by atoms with van der Waals surface area (Å²) < 4.78 is 0. The van der Waals surface area contributed by atoms with Gasteiger partial charge >= 0.3 is 43.7 Å². The van der Waals surface area contributed by atoms with E-state index in [0.717, 1.165) is 36.8 Å². The van der Waals surface area contributed by atoms with E-state index in [1.165, 1.54) is 0 Å². The first-order chi connectivity index (χ1) is 17.6. The van der Waals surface area contributed by atoms with E-state index < -0.39 is 17.7 Å². The molecule has 2 fully saturated rings.